The molecule has 1 rings (SSSR count). The molecule has 0 spiro atoms. The van der Waals surface area contributed by atoms with Gasteiger partial charge in [0.2, 0.25) is 0 Å². The van der Waals surface area contributed by atoms with Crippen molar-refractivity contribution in [2.24, 2.45) is 0 Å². The van der Waals surface area contributed by atoms with Gasteiger partial charge in [-0.2, -0.15) is 0 Å². The lowest BCUT2D eigenvalue weighted by Gasteiger charge is -2.31. The van der Waals surface area contributed by atoms with Gasteiger partial charge in [0.25, 0.3) is 0 Å². The van der Waals surface area contributed by atoms with Crippen molar-refractivity contribution in [3.63, 3.8) is 0 Å². The van der Waals surface area contributed by atoms with Crippen LogP contribution in [0.15, 0.2) is 0 Å². The first-order valence-corrected chi connectivity index (χ1v) is 7.94. The topological polar surface area (TPSA) is 15.3 Å². The molecule has 0 bridgehead atoms. The average molecular weight is 254 g/mol. The van der Waals surface area contributed by atoms with Crippen molar-refractivity contribution in [1.29, 1.82) is 0 Å². The Bertz CT molecular complexity index is 202. The lowest BCUT2D eigenvalue weighted by atomic mass is 9.94. The Morgan fingerprint density at radius 3 is 2.28 bits per heavy atom. The first-order chi connectivity index (χ1) is 8.49. The fraction of sp³-hybridized carbons (Fsp3) is 1.00. The van der Waals surface area contributed by atoms with Gasteiger partial charge in [0.05, 0.1) is 0 Å². The minimum absolute atomic E-state index is 0.277. The first-order valence-electron chi connectivity index (χ1n) is 7.94. The standard InChI is InChI=1S/C16H34N2/c1-16(2,3)17-13-9-6-10-14-18(4)15-11-7-5-8-12-15/h15,17H,5-14H2,1-4H3. The SMILES string of the molecule is CN(CCCCCNC(C)(C)C)C1CCCCC1. The van der Waals surface area contributed by atoms with Gasteiger partial charge in [0.1, 0.15) is 0 Å². The summed E-state index contributed by atoms with van der Waals surface area (Å²) in [5.41, 5.74) is 0.277. The molecule has 0 amide bonds. The molecule has 18 heavy (non-hydrogen) atoms. The number of nitrogens with zero attached hydrogens (tertiary/aromatic N) is 1. The predicted molar refractivity (Wildman–Crippen MR) is 81.1 cm³/mol. The fourth-order valence-electron chi connectivity index (χ4n) is 2.83. The highest BCUT2D eigenvalue weighted by Gasteiger charge is 2.17. The number of unbranched alkanes of at least 4 members (excludes halogenated alkanes) is 2. The third-order valence-corrected chi connectivity index (χ3v) is 4.04. The molecule has 2 heteroatoms. The second kappa shape index (κ2) is 8.16. The van der Waals surface area contributed by atoms with Gasteiger partial charge >= 0.3 is 0 Å². The summed E-state index contributed by atoms with van der Waals surface area (Å²) in [6, 6.07) is 0.881. The van der Waals surface area contributed by atoms with Gasteiger partial charge in [0, 0.05) is 11.6 Å². The van der Waals surface area contributed by atoms with E-state index in [1.807, 2.05) is 0 Å². The van der Waals surface area contributed by atoms with Gasteiger partial charge in [-0.1, -0.05) is 25.7 Å². The molecule has 0 saturated heterocycles. The van der Waals surface area contributed by atoms with Crippen molar-refractivity contribution in [2.45, 2.75) is 83.7 Å². The summed E-state index contributed by atoms with van der Waals surface area (Å²) in [6.07, 6.45) is 11.3. The molecule has 0 radical (unpaired) electrons. The molecule has 0 heterocycles. The Labute approximate surface area is 115 Å². The number of rotatable bonds is 7. The molecular weight excluding hydrogens is 220 g/mol. The van der Waals surface area contributed by atoms with Crippen LogP contribution in [0.5, 0.6) is 0 Å². The smallest absolute Gasteiger partial charge is 0.00965 e. The molecule has 2 nitrogen and oxygen atoms in total. The van der Waals surface area contributed by atoms with E-state index in [-0.39, 0.29) is 5.54 Å². The summed E-state index contributed by atoms with van der Waals surface area (Å²) in [7, 11) is 2.32. The molecule has 1 aliphatic carbocycles. The number of hydrogen-bond acceptors (Lipinski definition) is 2. The molecule has 1 fully saturated rings. The van der Waals surface area contributed by atoms with E-state index in [2.05, 4.69) is 38.0 Å². The molecule has 108 valence electrons. The van der Waals surface area contributed by atoms with Crippen LogP contribution in [-0.4, -0.2) is 36.6 Å². The largest absolute Gasteiger partial charge is 0.312 e. The molecule has 1 N–H and O–H groups in total. The van der Waals surface area contributed by atoms with Crippen molar-refractivity contribution in [3.8, 4) is 0 Å². The van der Waals surface area contributed by atoms with Crippen LogP contribution in [0.1, 0.15) is 72.1 Å². The minimum atomic E-state index is 0.277. The summed E-state index contributed by atoms with van der Waals surface area (Å²) >= 11 is 0. The Balaban J connectivity index is 1.96. The van der Waals surface area contributed by atoms with Crippen molar-refractivity contribution in [2.75, 3.05) is 20.1 Å². The van der Waals surface area contributed by atoms with Gasteiger partial charge in [-0.05, 0) is 66.6 Å². The molecular formula is C16H34N2. The molecule has 0 aromatic carbocycles. The van der Waals surface area contributed by atoms with Crippen LogP contribution in [0.2, 0.25) is 0 Å². The third-order valence-electron chi connectivity index (χ3n) is 4.04. The van der Waals surface area contributed by atoms with Gasteiger partial charge < -0.3 is 10.2 Å². The van der Waals surface area contributed by atoms with Crippen molar-refractivity contribution in [1.82, 2.24) is 10.2 Å². The maximum atomic E-state index is 3.56. The average Bonchev–Trinajstić information content (AvgIpc) is 2.33. The van der Waals surface area contributed by atoms with E-state index in [1.54, 1.807) is 0 Å². The zero-order valence-corrected chi connectivity index (χ0v) is 13.1. The Morgan fingerprint density at radius 2 is 1.67 bits per heavy atom. The van der Waals surface area contributed by atoms with Crippen LogP contribution in [0.25, 0.3) is 0 Å². The van der Waals surface area contributed by atoms with Crippen molar-refractivity contribution >= 4 is 0 Å². The molecule has 0 aromatic rings. The van der Waals surface area contributed by atoms with E-state index in [0.717, 1.165) is 12.6 Å². The maximum absolute atomic E-state index is 3.56. The van der Waals surface area contributed by atoms with Gasteiger partial charge in [-0.3, -0.25) is 0 Å². The summed E-state index contributed by atoms with van der Waals surface area (Å²) in [5.74, 6) is 0. The highest BCUT2D eigenvalue weighted by Crippen LogP contribution is 2.21. The Morgan fingerprint density at radius 1 is 1.00 bits per heavy atom. The molecule has 0 unspecified atom stereocenters. The van der Waals surface area contributed by atoms with Crippen LogP contribution in [-0.2, 0) is 0 Å². The molecule has 1 aliphatic rings. The second-order valence-electron chi connectivity index (χ2n) is 7.01. The lowest BCUT2D eigenvalue weighted by molar-refractivity contribution is 0.188. The predicted octanol–water partition coefficient (Wildman–Crippen LogP) is 3.81. The summed E-state index contributed by atoms with van der Waals surface area (Å²) < 4.78 is 0. The monoisotopic (exact) mass is 254 g/mol. The Hall–Kier alpha value is -0.0800. The third kappa shape index (κ3) is 7.38. The van der Waals surface area contributed by atoms with Crippen LogP contribution >= 0.6 is 0 Å². The van der Waals surface area contributed by atoms with Crippen LogP contribution in [0, 0.1) is 0 Å². The van der Waals surface area contributed by atoms with E-state index < -0.39 is 0 Å². The fourth-order valence-corrected chi connectivity index (χ4v) is 2.83. The van der Waals surface area contributed by atoms with E-state index in [9.17, 15) is 0 Å². The van der Waals surface area contributed by atoms with Crippen LogP contribution in [0.3, 0.4) is 0 Å². The Kier molecular flexibility index (Phi) is 7.25. The quantitative estimate of drug-likeness (QED) is 0.695. The first kappa shape index (κ1) is 16.0. The zero-order chi connectivity index (χ0) is 13.4. The summed E-state index contributed by atoms with van der Waals surface area (Å²) in [5, 5.41) is 3.56. The van der Waals surface area contributed by atoms with Crippen molar-refractivity contribution < 1.29 is 0 Å². The van der Waals surface area contributed by atoms with E-state index in [0.29, 0.717) is 0 Å². The molecule has 0 aromatic heterocycles. The highest BCUT2D eigenvalue weighted by atomic mass is 15.1. The highest BCUT2D eigenvalue weighted by molar-refractivity contribution is 4.73. The van der Waals surface area contributed by atoms with Gasteiger partial charge in [0.15, 0.2) is 0 Å². The molecule has 0 atom stereocenters. The minimum Gasteiger partial charge on any atom is -0.312 e. The molecule has 1 saturated carbocycles. The van der Waals surface area contributed by atoms with E-state index >= 15 is 0 Å². The van der Waals surface area contributed by atoms with Crippen LogP contribution < -0.4 is 5.32 Å². The number of nitrogens with one attached hydrogen (secondary N) is 1. The molecule has 0 aliphatic heterocycles. The second-order valence-corrected chi connectivity index (χ2v) is 7.01. The lowest BCUT2D eigenvalue weighted by Crippen LogP contribution is -2.36. The van der Waals surface area contributed by atoms with Crippen LogP contribution in [0.4, 0.5) is 0 Å². The van der Waals surface area contributed by atoms with E-state index in [1.165, 1.54) is 57.9 Å². The van der Waals surface area contributed by atoms with Gasteiger partial charge in [-0.15, -0.1) is 0 Å². The zero-order valence-electron chi connectivity index (χ0n) is 13.1. The normalized spacial score (nSPS) is 18.5. The van der Waals surface area contributed by atoms with Gasteiger partial charge in [-0.25, -0.2) is 0 Å². The maximum Gasteiger partial charge on any atom is 0.00965 e. The summed E-state index contributed by atoms with van der Waals surface area (Å²) in [6.45, 7) is 9.17. The number of hydrogen-bond donors (Lipinski definition) is 1. The van der Waals surface area contributed by atoms with Crippen molar-refractivity contribution in [3.05, 3.63) is 0 Å². The summed E-state index contributed by atoms with van der Waals surface area (Å²) in [4.78, 5) is 2.61. The van der Waals surface area contributed by atoms with E-state index in [4.69, 9.17) is 0 Å².